The van der Waals surface area contributed by atoms with Crippen LogP contribution in [0.2, 0.25) is 0 Å². The number of hydrogen-bond acceptors (Lipinski definition) is 5. The molecular formula is C22H32N4O3. The molecule has 2 aliphatic rings. The monoisotopic (exact) mass is 400 g/mol. The molecule has 7 heteroatoms. The number of aliphatic hydroxyl groups excluding tert-OH is 1. The van der Waals surface area contributed by atoms with Gasteiger partial charge in [0.15, 0.2) is 0 Å². The normalized spacial score (nSPS) is 20.7. The maximum atomic E-state index is 13.3. The lowest BCUT2D eigenvalue weighted by molar-refractivity contribution is -0.148. The zero-order valence-corrected chi connectivity index (χ0v) is 17.4. The van der Waals surface area contributed by atoms with Gasteiger partial charge in [0.05, 0.1) is 23.9 Å². The number of fused-ring (bicyclic) bond motifs is 1. The lowest BCUT2D eigenvalue weighted by atomic mass is 10.0. The minimum atomic E-state index is -0.395. The fraction of sp³-hybridized carbons (Fsp3) is 0.636. The Morgan fingerprint density at radius 2 is 2.28 bits per heavy atom. The van der Waals surface area contributed by atoms with E-state index in [1.807, 2.05) is 13.1 Å². The summed E-state index contributed by atoms with van der Waals surface area (Å²) in [5.41, 5.74) is 3.29. The Kier molecular flexibility index (Phi) is 6.18. The molecule has 1 saturated carbocycles. The molecule has 2 aromatic heterocycles. The van der Waals surface area contributed by atoms with Crippen LogP contribution in [0, 0.1) is 6.92 Å². The van der Waals surface area contributed by atoms with Crippen LogP contribution in [0.5, 0.6) is 0 Å². The van der Waals surface area contributed by atoms with Gasteiger partial charge in [0.1, 0.15) is 6.10 Å². The second-order valence-electron chi connectivity index (χ2n) is 8.22. The number of rotatable bonds is 8. The Labute approximate surface area is 172 Å². The lowest BCUT2D eigenvalue weighted by Crippen LogP contribution is -2.50. The van der Waals surface area contributed by atoms with Gasteiger partial charge in [-0.15, -0.1) is 0 Å². The zero-order chi connectivity index (χ0) is 20.4. The van der Waals surface area contributed by atoms with Crippen LogP contribution in [-0.2, 0) is 16.1 Å². The first-order chi connectivity index (χ1) is 14.1. The van der Waals surface area contributed by atoms with E-state index in [0.717, 1.165) is 55.4 Å². The Hall–Kier alpha value is -1.96. The van der Waals surface area contributed by atoms with E-state index in [4.69, 9.17) is 9.84 Å². The van der Waals surface area contributed by atoms with E-state index >= 15 is 0 Å². The predicted octanol–water partition coefficient (Wildman–Crippen LogP) is 2.16. The molecule has 1 amide bonds. The van der Waals surface area contributed by atoms with Crippen molar-refractivity contribution in [3.05, 3.63) is 29.7 Å². The molecule has 2 fully saturated rings. The van der Waals surface area contributed by atoms with Crippen LogP contribution < -0.4 is 5.32 Å². The van der Waals surface area contributed by atoms with E-state index in [1.54, 1.807) is 0 Å². The highest BCUT2D eigenvalue weighted by Crippen LogP contribution is 2.38. The summed E-state index contributed by atoms with van der Waals surface area (Å²) in [6, 6.07) is 2.34. The first-order valence-electron chi connectivity index (χ1n) is 10.8. The van der Waals surface area contributed by atoms with E-state index in [9.17, 15) is 4.79 Å². The molecule has 2 aromatic rings. The number of nitrogens with zero attached hydrogens (tertiary/aromatic N) is 3. The number of ether oxygens (including phenoxy) is 1. The van der Waals surface area contributed by atoms with Gasteiger partial charge in [-0.05, 0) is 51.2 Å². The Balaban J connectivity index is 1.66. The third-order valence-corrected chi connectivity index (χ3v) is 6.07. The summed E-state index contributed by atoms with van der Waals surface area (Å²) < 4.78 is 8.01. The van der Waals surface area contributed by atoms with Crippen molar-refractivity contribution >= 4 is 16.8 Å². The Morgan fingerprint density at radius 3 is 2.97 bits per heavy atom. The number of carbonyl (C=O) groups excluding carboxylic acids is 1. The molecule has 0 unspecified atom stereocenters. The molecule has 158 valence electrons. The molecule has 4 rings (SSSR count). The zero-order valence-electron chi connectivity index (χ0n) is 17.4. The maximum Gasteiger partial charge on any atom is 0.253 e. The van der Waals surface area contributed by atoms with E-state index in [0.29, 0.717) is 19.2 Å². The SMILES string of the molecule is Cc1nccc2c([C@@H](C)N(C(=O)[C@H]3CNCCO3)C3CC3)cn(CCCCO)c12. The number of nitrogens with one attached hydrogen (secondary N) is 1. The van der Waals surface area contributed by atoms with E-state index in [1.165, 1.54) is 5.56 Å². The predicted molar refractivity (Wildman–Crippen MR) is 112 cm³/mol. The number of aryl methyl sites for hydroxylation is 2. The lowest BCUT2D eigenvalue weighted by Gasteiger charge is -2.34. The van der Waals surface area contributed by atoms with Gasteiger partial charge >= 0.3 is 0 Å². The molecule has 0 aromatic carbocycles. The van der Waals surface area contributed by atoms with Crippen LogP contribution in [0.25, 0.3) is 10.9 Å². The molecule has 0 bridgehead atoms. The second kappa shape index (κ2) is 8.81. The number of hydrogen-bond donors (Lipinski definition) is 2. The third-order valence-electron chi connectivity index (χ3n) is 6.07. The minimum Gasteiger partial charge on any atom is -0.396 e. The summed E-state index contributed by atoms with van der Waals surface area (Å²) in [5, 5.41) is 13.6. The molecule has 1 saturated heterocycles. The maximum absolute atomic E-state index is 13.3. The highest BCUT2D eigenvalue weighted by atomic mass is 16.5. The number of aliphatic hydroxyl groups is 1. The summed E-state index contributed by atoms with van der Waals surface area (Å²) in [6.07, 6.45) is 7.46. The molecule has 2 N–H and O–H groups in total. The Morgan fingerprint density at radius 1 is 1.45 bits per heavy atom. The van der Waals surface area contributed by atoms with Gasteiger partial charge in [-0.25, -0.2) is 0 Å². The molecule has 29 heavy (non-hydrogen) atoms. The number of morpholine rings is 1. The number of amides is 1. The van der Waals surface area contributed by atoms with E-state index in [-0.39, 0.29) is 18.6 Å². The van der Waals surface area contributed by atoms with Crippen molar-refractivity contribution in [2.45, 2.75) is 64.3 Å². The molecule has 3 heterocycles. The molecule has 7 nitrogen and oxygen atoms in total. The highest BCUT2D eigenvalue weighted by molar-refractivity contribution is 5.88. The summed E-state index contributed by atoms with van der Waals surface area (Å²) in [4.78, 5) is 19.9. The molecule has 0 spiro atoms. The summed E-state index contributed by atoms with van der Waals surface area (Å²) >= 11 is 0. The van der Waals surface area contributed by atoms with Crippen molar-refractivity contribution in [1.82, 2.24) is 19.8 Å². The minimum absolute atomic E-state index is 0.0241. The van der Waals surface area contributed by atoms with Crippen LogP contribution >= 0.6 is 0 Å². The van der Waals surface area contributed by atoms with E-state index in [2.05, 4.69) is 39.0 Å². The second-order valence-corrected chi connectivity index (χ2v) is 8.22. The first kappa shape index (κ1) is 20.3. The molecular weight excluding hydrogens is 368 g/mol. The largest absolute Gasteiger partial charge is 0.396 e. The van der Waals surface area contributed by atoms with Gasteiger partial charge in [0.25, 0.3) is 5.91 Å². The average Bonchev–Trinajstić information content (AvgIpc) is 3.49. The number of carbonyl (C=O) groups is 1. The fourth-order valence-corrected chi connectivity index (χ4v) is 4.44. The Bertz CT molecular complexity index is 855. The van der Waals surface area contributed by atoms with Gasteiger partial charge in [0.2, 0.25) is 0 Å². The van der Waals surface area contributed by atoms with Crippen LogP contribution in [-0.4, -0.2) is 63.9 Å². The van der Waals surface area contributed by atoms with Crippen LogP contribution in [0.1, 0.15) is 49.9 Å². The van der Waals surface area contributed by atoms with Crippen molar-refractivity contribution in [1.29, 1.82) is 0 Å². The smallest absolute Gasteiger partial charge is 0.253 e. The van der Waals surface area contributed by atoms with Crippen molar-refractivity contribution in [3.63, 3.8) is 0 Å². The van der Waals surface area contributed by atoms with Crippen molar-refractivity contribution < 1.29 is 14.6 Å². The van der Waals surface area contributed by atoms with Crippen molar-refractivity contribution in [3.8, 4) is 0 Å². The fourth-order valence-electron chi connectivity index (χ4n) is 4.44. The van der Waals surface area contributed by atoms with Crippen LogP contribution in [0.15, 0.2) is 18.5 Å². The quantitative estimate of drug-likeness (QED) is 0.664. The van der Waals surface area contributed by atoms with Gasteiger partial charge in [0, 0.05) is 50.1 Å². The standard InChI is InChI=1S/C22H32N4O3/c1-15-21-18(7-8-24-15)19(14-25(21)10-3-4-11-27)16(2)26(17-5-6-17)22(28)20-13-23-9-12-29-20/h7-8,14,16-17,20,23,27H,3-6,9-13H2,1-2H3/t16-,20-/m1/s1. The number of aromatic nitrogens is 2. The summed E-state index contributed by atoms with van der Waals surface area (Å²) in [6.45, 7) is 7.18. The number of pyridine rings is 1. The number of unbranched alkanes of at least 4 members (excludes halogenated alkanes) is 1. The molecule has 1 aliphatic carbocycles. The first-order valence-corrected chi connectivity index (χ1v) is 10.8. The summed E-state index contributed by atoms with van der Waals surface area (Å²) in [5.74, 6) is 0.0964. The summed E-state index contributed by atoms with van der Waals surface area (Å²) in [7, 11) is 0. The molecule has 1 aliphatic heterocycles. The highest BCUT2D eigenvalue weighted by Gasteiger charge is 2.40. The topological polar surface area (TPSA) is 79.6 Å². The van der Waals surface area contributed by atoms with E-state index < -0.39 is 6.10 Å². The van der Waals surface area contributed by atoms with Gasteiger partial charge in [-0.2, -0.15) is 0 Å². The van der Waals surface area contributed by atoms with Crippen molar-refractivity contribution in [2.24, 2.45) is 0 Å². The molecule has 0 radical (unpaired) electrons. The van der Waals surface area contributed by atoms with Gasteiger partial charge in [-0.1, -0.05) is 0 Å². The van der Waals surface area contributed by atoms with Gasteiger partial charge < -0.3 is 24.6 Å². The third kappa shape index (κ3) is 4.17. The van der Waals surface area contributed by atoms with Crippen LogP contribution in [0.4, 0.5) is 0 Å². The molecule has 2 atom stereocenters. The van der Waals surface area contributed by atoms with Crippen molar-refractivity contribution in [2.75, 3.05) is 26.3 Å². The average molecular weight is 401 g/mol. The van der Waals surface area contributed by atoms with Gasteiger partial charge in [-0.3, -0.25) is 9.78 Å². The van der Waals surface area contributed by atoms with Crippen LogP contribution in [0.3, 0.4) is 0 Å².